The summed E-state index contributed by atoms with van der Waals surface area (Å²) in [5.74, 6) is -0.0602. The highest BCUT2D eigenvalue weighted by Gasteiger charge is 2.44. The van der Waals surface area contributed by atoms with Crippen molar-refractivity contribution in [1.29, 1.82) is 0 Å². The van der Waals surface area contributed by atoms with Crippen LogP contribution in [0, 0.1) is 5.82 Å². The van der Waals surface area contributed by atoms with Crippen LogP contribution in [0.2, 0.25) is 5.02 Å². The molecule has 2 fully saturated rings. The number of carbonyl (C=O) groups is 1. The second-order valence-corrected chi connectivity index (χ2v) is 9.71. The van der Waals surface area contributed by atoms with Gasteiger partial charge < -0.3 is 15.0 Å². The van der Waals surface area contributed by atoms with Gasteiger partial charge in [0, 0.05) is 35.5 Å². The molecule has 4 heterocycles. The number of ether oxygens (including phenoxy) is 1. The molecule has 3 aliphatic rings. The van der Waals surface area contributed by atoms with Crippen LogP contribution in [-0.2, 0) is 6.42 Å². The van der Waals surface area contributed by atoms with Gasteiger partial charge >= 0.3 is 6.03 Å². The number of hydrogen-bond acceptors (Lipinski definition) is 5. The zero-order chi connectivity index (χ0) is 24.1. The summed E-state index contributed by atoms with van der Waals surface area (Å²) in [5, 5.41) is 9.60. The van der Waals surface area contributed by atoms with E-state index in [1.807, 2.05) is 0 Å². The Morgan fingerprint density at radius 2 is 2.06 bits per heavy atom. The molecule has 0 radical (unpaired) electrons. The second kappa shape index (κ2) is 8.64. The van der Waals surface area contributed by atoms with Gasteiger partial charge in [-0.1, -0.05) is 11.6 Å². The van der Waals surface area contributed by atoms with Crippen LogP contribution < -0.4 is 15.6 Å². The first kappa shape index (κ1) is 22.0. The number of benzene rings is 1. The summed E-state index contributed by atoms with van der Waals surface area (Å²) in [6, 6.07) is 7.06. The topological polar surface area (TPSA) is 100 Å². The molecule has 35 heavy (non-hydrogen) atoms. The summed E-state index contributed by atoms with van der Waals surface area (Å²) in [6.07, 6.45) is 7.14. The molecule has 6 rings (SSSR count). The monoisotopic (exact) mass is 495 g/mol. The molecular formula is C25H23ClFN5O3. The number of hydrogen-bond donors (Lipinski definition) is 2. The van der Waals surface area contributed by atoms with E-state index in [0.29, 0.717) is 34.1 Å². The van der Waals surface area contributed by atoms with E-state index < -0.39 is 11.8 Å². The van der Waals surface area contributed by atoms with Gasteiger partial charge in [-0.15, -0.1) is 0 Å². The van der Waals surface area contributed by atoms with E-state index in [2.05, 4.69) is 20.5 Å². The van der Waals surface area contributed by atoms with Crippen molar-refractivity contribution in [1.82, 2.24) is 20.1 Å². The van der Waals surface area contributed by atoms with Gasteiger partial charge in [-0.3, -0.25) is 4.79 Å². The maximum absolute atomic E-state index is 15.1. The average molecular weight is 496 g/mol. The summed E-state index contributed by atoms with van der Waals surface area (Å²) in [4.78, 5) is 30.8. The molecule has 2 bridgehead atoms. The fourth-order valence-corrected chi connectivity index (χ4v) is 5.40. The number of carbonyl (C=O) groups excluding carboxylic acids is 1. The van der Waals surface area contributed by atoms with Crippen molar-refractivity contribution in [2.24, 2.45) is 0 Å². The fourth-order valence-electron chi connectivity index (χ4n) is 5.13. The third-order valence-corrected chi connectivity index (χ3v) is 7.43. The minimum absolute atomic E-state index is 0.00118. The maximum Gasteiger partial charge on any atom is 0.322 e. The molecule has 1 saturated carbocycles. The van der Waals surface area contributed by atoms with Crippen molar-refractivity contribution in [3.8, 4) is 17.0 Å². The molecular weight excluding hydrogens is 473 g/mol. The first-order valence-electron chi connectivity index (χ1n) is 11.8. The van der Waals surface area contributed by atoms with Crippen molar-refractivity contribution >= 4 is 23.3 Å². The molecule has 2 amide bonds. The van der Waals surface area contributed by atoms with Crippen LogP contribution in [-0.4, -0.2) is 38.3 Å². The Balaban J connectivity index is 1.20. The molecule has 180 valence electrons. The van der Waals surface area contributed by atoms with Crippen molar-refractivity contribution in [2.45, 2.75) is 56.7 Å². The zero-order valence-electron chi connectivity index (χ0n) is 18.8. The second-order valence-electron chi connectivity index (χ2n) is 9.30. The number of nitrogens with one attached hydrogen (secondary N) is 2. The van der Waals surface area contributed by atoms with Crippen LogP contribution in [0.3, 0.4) is 0 Å². The van der Waals surface area contributed by atoms with Gasteiger partial charge in [-0.05, 0) is 62.3 Å². The molecule has 0 unspecified atom stereocenters. The summed E-state index contributed by atoms with van der Waals surface area (Å²) in [7, 11) is 0. The maximum atomic E-state index is 15.1. The van der Waals surface area contributed by atoms with Crippen molar-refractivity contribution < 1.29 is 13.9 Å². The minimum Gasteiger partial charge on any atom is -0.474 e. The number of halogens is 2. The molecule has 1 aromatic carbocycles. The third-order valence-electron chi connectivity index (χ3n) is 7.11. The third kappa shape index (κ3) is 4.03. The normalized spacial score (nSPS) is 20.8. The Morgan fingerprint density at radius 3 is 2.80 bits per heavy atom. The van der Waals surface area contributed by atoms with E-state index in [-0.39, 0.29) is 29.4 Å². The van der Waals surface area contributed by atoms with Gasteiger partial charge in [-0.2, -0.15) is 5.10 Å². The largest absolute Gasteiger partial charge is 0.474 e. The van der Waals surface area contributed by atoms with Gasteiger partial charge in [-0.25, -0.2) is 19.3 Å². The molecule has 1 saturated heterocycles. The SMILES string of the molecule is O=C(Nc1cc(Cl)c(-c2ccc(OC3CCC3)nc2)cc1F)N1[C@H]2CC[C@@H]1c1n[nH]c(=O)cc1C2. The van der Waals surface area contributed by atoms with Crippen LogP contribution in [0.1, 0.15) is 49.4 Å². The summed E-state index contributed by atoms with van der Waals surface area (Å²) >= 11 is 6.48. The predicted molar refractivity (Wildman–Crippen MR) is 128 cm³/mol. The first-order valence-corrected chi connectivity index (χ1v) is 12.1. The summed E-state index contributed by atoms with van der Waals surface area (Å²) in [6.45, 7) is 0. The highest BCUT2D eigenvalue weighted by molar-refractivity contribution is 6.33. The number of fused-ring (bicyclic) bond motifs is 4. The predicted octanol–water partition coefficient (Wildman–Crippen LogP) is 4.85. The molecule has 2 N–H and O–H groups in total. The van der Waals surface area contributed by atoms with E-state index in [9.17, 15) is 9.59 Å². The molecule has 0 spiro atoms. The smallest absolute Gasteiger partial charge is 0.322 e. The Kier molecular flexibility index (Phi) is 5.44. The van der Waals surface area contributed by atoms with Gasteiger partial charge in [0.2, 0.25) is 5.88 Å². The van der Waals surface area contributed by atoms with E-state index in [4.69, 9.17) is 16.3 Å². The lowest BCUT2D eigenvalue weighted by Gasteiger charge is -2.35. The number of rotatable bonds is 4. The Labute approximate surface area is 205 Å². The molecule has 10 heteroatoms. The number of H-pyrrole nitrogens is 1. The first-order chi connectivity index (χ1) is 17.0. The molecule has 8 nitrogen and oxygen atoms in total. The van der Waals surface area contributed by atoms with Crippen LogP contribution in [0.25, 0.3) is 11.1 Å². The van der Waals surface area contributed by atoms with Gasteiger partial charge in [0.05, 0.1) is 22.4 Å². The number of pyridine rings is 1. The Bertz CT molecular complexity index is 1360. The lowest BCUT2D eigenvalue weighted by Crippen LogP contribution is -2.45. The highest BCUT2D eigenvalue weighted by Crippen LogP contribution is 2.43. The number of amides is 2. The highest BCUT2D eigenvalue weighted by atomic mass is 35.5. The van der Waals surface area contributed by atoms with Crippen LogP contribution in [0.5, 0.6) is 5.88 Å². The number of urea groups is 1. The quantitative estimate of drug-likeness (QED) is 0.539. The fraction of sp³-hybridized carbons (Fsp3) is 0.360. The number of anilines is 1. The number of aromatic nitrogens is 3. The summed E-state index contributed by atoms with van der Waals surface area (Å²) < 4.78 is 20.8. The standard InChI is InChI=1S/C25H23ClFN5O3/c26-18-11-20(19(27)10-17(18)13-4-7-23(28-12-13)35-16-2-1-3-16)29-25(34)32-15-5-6-21(32)24-14(8-15)9-22(33)30-31-24/h4,7,9-12,15-16,21H,1-3,5-6,8H2,(H,29,34)(H,30,33)/t15-,21+/m0/s1. The van der Waals surface area contributed by atoms with Crippen LogP contribution >= 0.6 is 11.6 Å². The van der Waals surface area contributed by atoms with Gasteiger partial charge in [0.25, 0.3) is 5.56 Å². The van der Waals surface area contributed by atoms with Crippen LogP contribution in [0.15, 0.2) is 41.3 Å². The molecule has 2 aromatic heterocycles. The van der Waals surface area contributed by atoms with E-state index in [1.165, 1.54) is 18.6 Å². The lowest BCUT2D eigenvalue weighted by molar-refractivity contribution is 0.114. The zero-order valence-corrected chi connectivity index (χ0v) is 19.5. The molecule has 1 aliphatic carbocycles. The van der Waals surface area contributed by atoms with Gasteiger partial charge in [0.1, 0.15) is 11.9 Å². The molecule has 2 aliphatic heterocycles. The molecule has 3 aromatic rings. The Hall–Kier alpha value is -3.46. The van der Waals surface area contributed by atoms with Crippen LogP contribution in [0.4, 0.5) is 14.9 Å². The van der Waals surface area contributed by atoms with E-state index >= 15 is 4.39 Å². The summed E-state index contributed by atoms with van der Waals surface area (Å²) in [5.41, 5.74) is 2.43. The Morgan fingerprint density at radius 1 is 1.20 bits per heavy atom. The van der Waals surface area contributed by atoms with Crippen molar-refractivity contribution in [3.05, 3.63) is 69.0 Å². The van der Waals surface area contributed by atoms with E-state index in [1.54, 1.807) is 29.3 Å². The number of aromatic amines is 1. The number of nitrogens with zero attached hydrogens (tertiary/aromatic N) is 3. The lowest BCUT2D eigenvalue weighted by atomic mass is 9.96. The van der Waals surface area contributed by atoms with Crippen molar-refractivity contribution in [3.63, 3.8) is 0 Å². The minimum atomic E-state index is -0.597. The van der Waals surface area contributed by atoms with E-state index in [0.717, 1.165) is 31.2 Å². The van der Waals surface area contributed by atoms with Crippen molar-refractivity contribution in [2.75, 3.05) is 5.32 Å². The average Bonchev–Trinajstić information content (AvgIpc) is 3.14. The van der Waals surface area contributed by atoms with Gasteiger partial charge in [0.15, 0.2) is 0 Å². The molecule has 2 atom stereocenters.